The van der Waals surface area contributed by atoms with E-state index in [9.17, 15) is 0 Å². The standard InChI is InChI=1S/C12H14ClNO2/c13-10-4-9(3-8-1-2-14-6-8)5-11-12(10)16-7-15-11/h4-5,8,14H,1-3,6-7H2. The molecule has 0 aromatic heterocycles. The van der Waals surface area contributed by atoms with Gasteiger partial charge in [-0.2, -0.15) is 0 Å². The Morgan fingerprint density at radius 2 is 2.31 bits per heavy atom. The Morgan fingerprint density at radius 3 is 3.12 bits per heavy atom. The summed E-state index contributed by atoms with van der Waals surface area (Å²) in [4.78, 5) is 0. The van der Waals surface area contributed by atoms with Crippen LogP contribution in [0.5, 0.6) is 11.5 Å². The third kappa shape index (κ3) is 1.85. The van der Waals surface area contributed by atoms with E-state index in [4.69, 9.17) is 21.1 Å². The van der Waals surface area contributed by atoms with E-state index < -0.39 is 0 Å². The Labute approximate surface area is 99.7 Å². The highest BCUT2D eigenvalue weighted by atomic mass is 35.5. The number of hydrogen-bond donors (Lipinski definition) is 1. The number of hydrogen-bond acceptors (Lipinski definition) is 3. The summed E-state index contributed by atoms with van der Waals surface area (Å²) in [6.45, 7) is 2.51. The first-order chi connectivity index (χ1) is 7.83. The van der Waals surface area contributed by atoms with Gasteiger partial charge in [-0.15, -0.1) is 0 Å². The van der Waals surface area contributed by atoms with Crippen LogP contribution < -0.4 is 14.8 Å². The predicted octanol–water partition coefficient (Wildman–Crippen LogP) is 2.22. The summed E-state index contributed by atoms with van der Waals surface area (Å²) in [7, 11) is 0. The molecule has 1 atom stereocenters. The smallest absolute Gasteiger partial charge is 0.231 e. The zero-order valence-electron chi connectivity index (χ0n) is 8.96. The first-order valence-corrected chi connectivity index (χ1v) is 5.99. The van der Waals surface area contributed by atoms with Crippen molar-refractivity contribution in [3.63, 3.8) is 0 Å². The van der Waals surface area contributed by atoms with Gasteiger partial charge in [0.05, 0.1) is 5.02 Å². The van der Waals surface area contributed by atoms with Gasteiger partial charge < -0.3 is 14.8 Å². The minimum absolute atomic E-state index is 0.281. The van der Waals surface area contributed by atoms with Crippen LogP contribution in [0.25, 0.3) is 0 Å². The minimum Gasteiger partial charge on any atom is -0.454 e. The number of benzene rings is 1. The molecule has 1 N–H and O–H groups in total. The fraction of sp³-hybridized carbons (Fsp3) is 0.500. The summed E-state index contributed by atoms with van der Waals surface area (Å²) in [5, 5.41) is 4.03. The Bertz CT molecular complexity index is 402. The highest BCUT2D eigenvalue weighted by Gasteiger charge is 2.20. The molecule has 1 unspecified atom stereocenters. The third-order valence-corrected chi connectivity index (χ3v) is 3.45. The normalized spacial score (nSPS) is 22.7. The van der Waals surface area contributed by atoms with Crippen LogP contribution in [-0.2, 0) is 6.42 Å². The summed E-state index contributed by atoms with van der Waals surface area (Å²) in [6.07, 6.45) is 2.30. The quantitative estimate of drug-likeness (QED) is 0.859. The second kappa shape index (κ2) is 4.15. The molecule has 0 radical (unpaired) electrons. The number of fused-ring (bicyclic) bond motifs is 1. The molecule has 0 spiro atoms. The van der Waals surface area contributed by atoms with Crippen molar-refractivity contribution in [3.8, 4) is 11.5 Å². The van der Waals surface area contributed by atoms with Crippen molar-refractivity contribution in [2.24, 2.45) is 5.92 Å². The average Bonchev–Trinajstić information content (AvgIpc) is 2.87. The van der Waals surface area contributed by atoms with E-state index in [0.29, 0.717) is 10.8 Å². The van der Waals surface area contributed by atoms with Gasteiger partial charge in [-0.3, -0.25) is 0 Å². The van der Waals surface area contributed by atoms with Gasteiger partial charge >= 0.3 is 0 Å². The lowest BCUT2D eigenvalue weighted by molar-refractivity contribution is 0.174. The number of nitrogens with one attached hydrogen (secondary N) is 1. The molecule has 1 fully saturated rings. The van der Waals surface area contributed by atoms with Crippen LogP contribution in [0, 0.1) is 5.92 Å². The first-order valence-electron chi connectivity index (χ1n) is 5.61. The van der Waals surface area contributed by atoms with Gasteiger partial charge in [0, 0.05) is 0 Å². The van der Waals surface area contributed by atoms with Gasteiger partial charge in [-0.1, -0.05) is 11.6 Å². The lowest BCUT2D eigenvalue weighted by Crippen LogP contribution is -2.10. The fourth-order valence-corrected chi connectivity index (χ4v) is 2.65. The van der Waals surface area contributed by atoms with E-state index in [1.807, 2.05) is 12.1 Å². The molecule has 1 saturated heterocycles. The van der Waals surface area contributed by atoms with Gasteiger partial charge in [-0.05, 0) is 49.5 Å². The lowest BCUT2D eigenvalue weighted by Gasteiger charge is -2.09. The first kappa shape index (κ1) is 10.2. The molecular formula is C12H14ClNO2. The van der Waals surface area contributed by atoms with Crippen molar-refractivity contribution in [1.82, 2.24) is 5.32 Å². The number of rotatable bonds is 2. The van der Waals surface area contributed by atoms with Crippen LogP contribution in [0.2, 0.25) is 5.02 Å². The summed E-state index contributed by atoms with van der Waals surface area (Å²) in [5.41, 5.74) is 1.24. The maximum absolute atomic E-state index is 6.14. The highest BCUT2D eigenvalue weighted by Crippen LogP contribution is 2.40. The van der Waals surface area contributed by atoms with Crippen molar-refractivity contribution in [1.29, 1.82) is 0 Å². The van der Waals surface area contributed by atoms with Gasteiger partial charge in [0.2, 0.25) is 6.79 Å². The minimum atomic E-state index is 0.281. The topological polar surface area (TPSA) is 30.5 Å². The second-order valence-electron chi connectivity index (χ2n) is 4.37. The van der Waals surface area contributed by atoms with E-state index in [1.54, 1.807) is 0 Å². The maximum atomic E-state index is 6.14. The van der Waals surface area contributed by atoms with Gasteiger partial charge in [0.25, 0.3) is 0 Å². The fourth-order valence-electron chi connectivity index (χ4n) is 2.36. The van der Waals surface area contributed by atoms with Gasteiger partial charge in [-0.25, -0.2) is 0 Å². The lowest BCUT2D eigenvalue weighted by atomic mass is 9.98. The van der Waals surface area contributed by atoms with Crippen molar-refractivity contribution >= 4 is 11.6 Å². The van der Waals surface area contributed by atoms with E-state index >= 15 is 0 Å². The summed E-state index contributed by atoms with van der Waals surface area (Å²) < 4.78 is 10.6. The van der Waals surface area contributed by atoms with E-state index in [1.165, 1.54) is 12.0 Å². The average molecular weight is 240 g/mol. The Morgan fingerprint density at radius 1 is 1.38 bits per heavy atom. The number of ether oxygens (including phenoxy) is 2. The molecule has 2 heterocycles. The highest BCUT2D eigenvalue weighted by molar-refractivity contribution is 6.32. The molecule has 1 aromatic carbocycles. The number of halogens is 1. The second-order valence-corrected chi connectivity index (χ2v) is 4.78. The van der Waals surface area contributed by atoms with E-state index in [-0.39, 0.29) is 6.79 Å². The van der Waals surface area contributed by atoms with Crippen LogP contribution in [-0.4, -0.2) is 19.9 Å². The van der Waals surface area contributed by atoms with Crippen molar-refractivity contribution in [3.05, 3.63) is 22.7 Å². The van der Waals surface area contributed by atoms with E-state index in [0.717, 1.165) is 31.2 Å². The van der Waals surface area contributed by atoms with Crippen molar-refractivity contribution < 1.29 is 9.47 Å². The Balaban J connectivity index is 1.82. The summed E-state index contributed by atoms with van der Waals surface area (Å²) in [6, 6.07) is 4.04. The molecule has 16 heavy (non-hydrogen) atoms. The molecule has 2 aliphatic rings. The Hall–Kier alpha value is -0.930. The van der Waals surface area contributed by atoms with Gasteiger partial charge in [0.1, 0.15) is 0 Å². The molecular weight excluding hydrogens is 226 g/mol. The van der Waals surface area contributed by atoms with Crippen molar-refractivity contribution in [2.75, 3.05) is 19.9 Å². The molecule has 3 nitrogen and oxygen atoms in total. The zero-order valence-corrected chi connectivity index (χ0v) is 9.72. The molecule has 2 aliphatic heterocycles. The van der Waals surface area contributed by atoms with Crippen LogP contribution in [0.1, 0.15) is 12.0 Å². The monoisotopic (exact) mass is 239 g/mol. The molecule has 86 valence electrons. The maximum Gasteiger partial charge on any atom is 0.231 e. The molecule has 0 saturated carbocycles. The largest absolute Gasteiger partial charge is 0.454 e. The molecule has 1 aromatic rings. The molecule has 3 rings (SSSR count). The van der Waals surface area contributed by atoms with E-state index in [2.05, 4.69) is 5.32 Å². The summed E-state index contributed by atoms with van der Waals surface area (Å²) >= 11 is 6.14. The zero-order chi connectivity index (χ0) is 11.0. The third-order valence-electron chi connectivity index (χ3n) is 3.17. The molecule has 0 bridgehead atoms. The Kier molecular flexibility index (Phi) is 2.65. The predicted molar refractivity (Wildman–Crippen MR) is 62.3 cm³/mol. The van der Waals surface area contributed by atoms with Crippen LogP contribution >= 0.6 is 11.6 Å². The SMILES string of the molecule is Clc1cc(CC2CCNC2)cc2c1OCO2. The molecule has 4 heteroatoms. The van der Waals surface area contributed by atoms with Gasteiger partial charge in [0.15, 0.2) is 11.5 Å². The van der Waals surface area contributed by atoms with Crippen LogP contribution in [0.3, 0.4) is 0 Å². The van der Waals surface area contributed by atoms with Crippen LogP contribution in [0.15, 0.2) is 12.1 Å². The van der Waals surface area contributed by atoms with Crippen molar-refractivity contribution in [2.45, 2.75) is 12.8 Å². The summed E-state index contributed by atoms with van der Waals surface area (Å²) in [5.74, 6) is 2.19. The van der Waals surface area contributed by atoms with Crippen LogP contribution in [0.4, 0.5) is 0 Å². The molecule has 0 aliphatic carbocycles. The molecule has 0 amide bonds.